The molecule has 4 amide bonds. The summed E-state index contributed by atoms with van der Waals surface area (Å²) in [7, 11) is 3.35. The predicted molar refractivity (Wildman–Crippen MR) is 167 cm³/mol. The van der Waals surface area contributed by atoms with Crippen molar-refractivity contribution < 1.29 is 19.1 Å². The van der Waals surface area contributed by atoms with Gasteiger partial charge in [0.2, 0.25) is 11.8 Å². The largest absolute Gasteiger partial charge is 0.497 e. The summed E-state index contributed by atoms with van der Waals surface area (Å²) >= 11 is 0. The first-order chi connectivity index (χ1) is 20.7. The maximum absolute atomic E-state index is 13.6. The third-order valence-electron chi connectivity index (χ3n) is 7.84. The van der Waals surface area contributed by atoms with Gasteiger partial charge >= 0.3 is 6.03 Å². The summed E-state index contributed by atoms with van der Waals surface area (Å²) in [6.07, 6.45) is -0.588. The van der Waals surface area contributed by atoms with Crippen molar-refractivity contribution >= 4 is 17.8 Å². The second kappa shape index (κ2) is 14.7. The molecule has 2 aliphatic rings. The minimum atomic E-state index is -0.625. The molecular weight excluding hydrogens is 542 g/mol. The molecule has 0 saturated carbocycles. The van der Waals surface area contributed by atoms with Crippen LogP contribution < -0.4 is 10.1 Å². The highest BCUT2D eigenvalue weighted by Crippen LogP contribution is 2.30. The lowest BCUT2D eigenvalue weighted by Gasteiger charge is -2.55. The first-order valence-electron chi connectivity index (χ1n) is 14.8. The SMILES string of the molecule is COc1ccc(CNC(=O)N2[C@H]3CN(CC(C)c4ccccc4)C(=O)[C@H](C(C)C)N3C(=O)CN2C)cc1.c1ccccc1. The number of hydrogen-bond acceptors (Lipinski definition) is 5. The van der Waals surface area contributed by atoms with Crippen LogP contribution in [0.15, 0.2) is 91.0 Å². The Balaban J connectivity index is 0.000000628. The van der Waals surface area contributed by atoms with Gasteiger partial charge in [0.1, 0.15) is 18.0 Å². The van der Waals surface area contributed by atoms with E-state index >= 15 is 0 Å². The number of rotatable bonds is 7. The average molecular weight is 586 g/mol. The van der Waals surface area contributed by atoms with Gasteiger partial charge in [0.15, 0.2) is 0 Å². The zero-order chi connectivity index (χ0) is 30.9. The molecule has 3 atom stereocenters. The molecule has 2 heterocycles. The van der Waals surface area contributed by atoms with Crippen molar-refractivity contribution in [1.29, 1.82) is 0 Å². The molecule has 2 aliphatic heterocycles. The first kappa shape index (κ1) is 31.6. The molecule has 228 valence electrons. The molecule has 0 aromatic heterocycles. The minimum absolute atomic E-state index is 0.0311. The van der Waals surface area contributed by atoms with Crippen molar-refractivity contribution in [1.82, 2.24) is 25.1 Å². The number of hydrogen-bond donors (Lipinski definition) is 1. The Kier molecular flexibility index (Phi) is 10.8. The number of nitrogens with one attached hydrogen (secondary N) is 1. The number of likely N-dealkylation sites (N-methyl/N-ethyl adjacent to an activating group) is 1. The van der Waals surface area contributed by atoms with Crippen LogP contribution in [0.2, 0.25) is 0 Å². The van der Waals surface area contributed by atoms with Gasteiger partial charge in [-0.2, -0.15) is 0 Å². The van der Waals surface area contributed by atoms with Crippen LogP contribution in [-0.2, 0) is 16.1 Å². The molecule has 9 heteroatoms. The van der Waals surface area contributed by atoms with E-state index in [9.17, 15) is 14.4 Å². The van der Waals surface area contributed by atoms with E-state index in [1.807, 2.05) is 97.6 Å². The van der Waals surface area contributed by atoms with Crippen molar-refractivity contribution in [2.75, 3.05) is 33.8 Å². The quantitative estimate of drug-likeness (QED) is 0.439. The summed E-state index contributed by atoms with van der Waals surface area (Å²) in [5, 5.41) is 6.23. The maximum Gasteiger partial charge on any atom is 0.334 e. The number of carbonyl (C=O) groups excluding carboxylic acids is 3. The molecule has 0 aliphatic carbocycles. The van der Waals surface area contributed by atoms with E-state index in [1.165, 1.54) is 0 Å². The summed E-state index contributed by atoms with van der Waals surface area (Å²) in [5.41, 5.74) is 2.07. The average Bonchev–Trinajstić information content (AvgIpc) is 3.02. The molecular formula is C34H43N5O4. The molecule has 1 N–H and O–H groups in total. The Labute approximate surface area is 255 Å². The maximum atomic E-state index is 13.6. The van der Waals surface area contributed by atoms with Gasteiger partial charge in [-0.3, -0.25) is 9.59 Å². The van der Waals surface area contributed by atoms with Gasteiger partial charge in [0.25, 0.3) is 0 Å². The number of methoxy groups -OCH3 is 1. The zero-order valence-electron chi connectivity index (χ0n) is 25.7. The number of amides is 4. The molecule has 0 spiro atoms. The molecule has 3 aromatic rings. The van der Waals surface area contributed by atoms with Crippen molar-refractivity contribution in [3.8, 4) is 5.75 Å². The summed E-state index contributed by atoms with van der Waals surface area (Å²) in [5.74, 6) is 0.553. The fraction of sp³-hybridized carbons (Fsp3) is 0.382. The van der Waals surface area contributed by atoms with Crippen molar-refractivity contribution in [3.05, 3.63) is 102 Å². The van der Waals surface area contributed by atoms with Gasteiger partial charge < -0.3 is 19.9 Å². The number of carbonyl (C=O) groups is 3. The van der Waals surface area contributed by atoms with Crippen LogP contribution in [0.5, 0.6) is 5.75 Å². The van der Waals surface area contributed by atoms with Crippen LogP contribution >= 0.6 is 0 Å². The van der Waals surface area contributed by atoms with E-state index in [4.69, 9.17) is 4.74 Å². The molecule has 9 nitrogen and oxygen atoms in total. The third-order valence-corrected chi connectivity index (χ3v) is 7.84. The summed E-state index contributed by atoms with van der Waals surface area (Å²) in [6, 6.07) is 28.6. The number of benzene rings is 3. The van der Waals surface area contributed by atoms with Crippen LogP contribution in [0.25, 0.3) is 0 Å². The zero-order valence-corrected chi connectivity index (χ0v) is 25.7. The monoisotopic (exact) mass is 585 g/mol. The van der Waals surface area contributed by atoms with E-state index in [-0.39, 0.29) is 42.8 Å². The van der Waals surface area contributed by atoms with Gasteiger partial charge in [0.05, 0.1) is 20.2 Å². The Hall–Kier alpha value is -4.37. The highest BCUT2D eigenvalue weighted by molar-refractivity contribution is 5.91. The molecule has 2 saturated heterocycles. The Bertz CT molecular complexity index is 1310. The van der Waals surface area contributed by atoms with E-state index in [0.717, 1.165) is 16.9 Å². The number of ether oxygens (including phenoxy) is 1. The number of fused-ring (bicyclic) bond motifs is 1. The predicted octanol–water partition coefficient (Wildman–Crippen LogP) is 4.58. The van der Waals surface area contributed by atoms with Crippen LogP contribution in [0.1, 0.15) is 37.8 Å². The lowest BCUT2D eigenvalue weighted by molar-refractivity contribution is -0.190. The summed E-state index contributed by atoms with van der Waals surface area (Å²) < 4.78 is 5.20. The lowest BCUT2D eigenvalue weighted by Crippen LogP contribution is -2.76. The Morgan fingerprint density at radius 2 is 1.49 bits per heavy atom. The van der Waals surface area contributed by atoms with Gasteiger partial charge in [-0.1, -0.05) is 99.6 Å². The molecule has 3 aromatic carbocycles. The second-order valence-corrected chi connectivity index (χ2v) is 11.3. The van der Waals surface area contributed by atoms with Crippen molar-refractivity contribution in [2.45, 2.75) is 45.4 Å². The standard InChI is InChI=1S/C28H37N5O4.C6H6/c1-19(2)26-27(35)31(16-20(3)22-9-7-6-8-10-22)17-24-32(26)25(34)18-30(4)33(24)28(36)29-15-21-11-13-23(37-5)14-12-21;1-2-4-6-5-3-1/h6-14,19-20,24,26H,15-18H2,1-5H3,(H,29,36);1-6H/t20?,24-,26-;/m0./s1. The van der Waals surface area contributed by atoms with Gasteiger partial charge in [-0.05, 0) is 35.1 Å². The van der Waals surface area contributed by atoms with Crippen molar-refractivity contribution in [3.63, 3.8) is 0 Å². The number of piperazine rings is 1. The Morgan fingerprint density at radius 1 is 0.907 bits per heavy atom. The van der Waals surface area contributed by atoms with Crippen LogP contribution in [0, 0.1) is 5.92 Å². The molecule has 5 rings (SSSR count). The molecule has 0 bridgehead atoms. The van der Waals surface area contributed by atoms with Gasteiger partial charge in [0, 0.05) is 20.1 Å². The molecule has 0 radical (unpaired) electrons. The highest BCUT2D eigenvalue weighted by atomic mass is 16.5. The van der Waals surface area contributed by atoms with E-state index in [0.29, 0.717) is 13.1 Å². The lowest BCUT2D eigenvalue weighted by atomic mass is 9.94. The minimum Gasteiger partial charge on any atom is -0.497 e. The number of nitrogens with zero attached hydrogens (tertiary/aromatic N) is 4. The van der Waals surface area contributed by atoms with Crippen LogP contribution in [-0.4, -0.2) is 83.7 Å². The fourth-order valence-electron chi connectivity index (χ4n) is 5.63. The normalized spacial score (nSPS) is 19.3. The van der Waals surface area contributed by atoms with Gasteiger partial charge in [-0.25, -0.2) is 14.8 Å². The Morgan fingerprint density at radius 3 is 2.05 bits per heavy atom. The van der Waals surface area contributed by atoms with Crippen LogP contribution in [0.4, 0.5) is 4.79 Å². The summed E-state index contributed by atoms with van der Waals surface area (Å²) in [4.78, 5) is 43.8. The first-order valence-corrected chi connectivity index (χ1v) is 14.8. The molecule has 43 heavy (non-hydrogen) atoms. The van der Waals surface area contributed by atoms with E-state index < -0.39 is 12.2 Å². The topological polar surface area (TPSA) is 85.4 Å². The van der Waals surface area contributed by atoms with E-state index in [2.05, 4.69) is 24.4 Å². The van der Waals surface area contributed by atoms with E-state index in [1.54, 1.807) is 29.1 Å². The third kappa shape index (κ3) is 7.73. The molecule has 2 fully saturated rings. The van der Waals surface area contributed by atoms with Crippen LogP contribution in [0.3, 0.4) is 0 Å². The summed E-state index contributed by atoms with van der Waals surface area (Å²) in [6.45, 7) is 7.11. The highest BCUT2D eigenvalue weighted by Gasteiger charge is 2.51. The van der Waals surface area contributed by atoms with Crippen molar-refractivity contribution in [2.24, 2.45) is 5.92 Å². The molecule has 1 unspecified atom stereocenters. The fourth-order valence-corrected chi connectivity index (χ4v) is 5.63. The number of hydrazine groups is 1. The second-order valence-electron chi connectivity index (χ2n) is 11.3. The number of urea groups is 1. The smallest absolute Gasteiger partial charge is 0.334 e. The van der Waals surface area contributed by atoms with Gasteiger partial charge in [-0.15, -0.1) is 0 Å².